The molecular weight excluding hydrogens is 353 g/mol. The number of carboxylic acid groups (broad SMARTS) is 1. The van der Waals surface area contributed by atoms with E-state index in [1.807, 2.05) is 0 Å². The van der Waals surface area contributed by atoms with Gasteiger partial charge >= 0.3 is 11.7 Å². The van der Waals surface area contributed by atoms with Crippen molar-refractivity contribution in [2.45, 2.75) is 26.3 Å². The predicted molar refractivity (Wildman–Crippen MR) is 94.8 cm³/mol. The molecule has 0 spiro atoms. The van der Waals surface area contributed by atoms with Crippen LogP contribution < -0.4 is 5.69 Å². The lowest BCUT2D eigenvalue weighted by molar-refractivity contribution is -0.141. The lowest BCUT2D eigenvalue weighted by Gasteiger charge is -2.18. The van der Waals surface area contributed by atoms with Gasteiger partial charge in [-0.1, -0.05) is 12.1 Å². The summed E-state index contributed by atoms with van der Waals surface area (Å²) in [7, 11) is 0. The molecule has 0 radical (unpaired) electrons. The van der Waals surface area contributed by atoms with Crippen molar-refractivity contribution < 1.29 is 19.1 Å². The smallest absolute Gasteiger partial charge is 0.348 e. The third-order valence-electron chi connectivity index (χ3n) is 4.91. The number of amides is 1. The topological polar surface area (TPSA) is 92.5 Å². The summed E-state index contributed by atoms with van der Waals surface area (Å²) < 4.78 is 14.8. The molecule has 27 heavy (non-hydrogen) atoms. The van der Waals surface area contributed by atoms with E-state index in [9.17, 15) is 23.9 Å². The second kappa shape index (κ2) is 7.30. The average Bonchev–Trinajstić information content (AvgIpc) is 3.03. The fourth-order valence-electron chi connectivity index (χ4n) is 3.53. The van der Waals surface area contributed by atoms with Gasteiger partial charge in [0.1, 0.15) is 12.4 Å². The second-order valence-corrected chi connectivity index (χ2v) is 6.81. The summed E-state index contributed by atoms with van der Waals surface area (Å²) in [6.07, 6.45) is 0. The maximum atomic E-state index is 13.5. The van der Waals surface area contributed by atoms with Crippen LogP contribution in [0, 0.1) is 25.6 Å². The average molecular weight is 373 g/mol. The second-order valence-electron chi connectivity index (χ2n) is 6.81. The lowest BCUT2D eigenvalue weighted by atomic mass is 9.89. The van der Waals surface area contributed by atoms with E-state index in [2.05, 4.69) is 4.98 Å². The van der Waals surface area contributed by atoms with Gasteiger partial charge < -0.3 is 10.0 Å². The van der Waals surface area contributed by atoms with E-state index in [1.54, 1.807) is 26.0 Å². The molecule has 1 aromatic heterocycles. The van der Waals surface area contributed by atoms with Crippen LogP contribution >= 0.6 is 0 Å². The first-order valence-electron chi connectivity index (χ1n) is 8.57. The Morgan fingerprint density at radius 1 is 1.26 bits per heavy atom. The molecule has 8 heteroatoms. The van der Waals surface area contributed by atoms with Gasteiger partial charge in [-0.15, -0.1) is 0 Å². The fourth-order valence-corrected chi connectivity index (χ4v) is 3.53. The Kier molecular flexibility index (Phi) is 5.07. The molecule has 0 unspecified atom stereocenters. The van der Waals surface area contributed by atoms with Gasteiger partial charge in [0.2, 0.25) is 5.91 Å². The highest BCUT2D eigenvalue weighted by atomic mass is 19.1. The number of aliphatic carboxylic acids is 1. The van der Waals surface area contributed by atoms with Crippen molar-refractivity contribution in [1.29, 1.82) is 0 Å². The molecule has 1 saturated heterocycles. The third kappa shape index (κ3) is 3.89. The van der Waals surface area contributed by atoms with Crippen LogP contribution in [0.3, 0.4) is 0 Å². The van der Waals surface area contributed by atoms with E-state index < -0.39 is 29.3 Å². The summed E-state index contributed by atoms with van der Waals surface area (Å²) in [5, 5.41) is 9.53. The van der Waals surface area contributed by atoms with Crippen molar-refractivity contribution in [1.82, 2.24) is 14.5 Å². The summed E-state index contributed by atoms with van der Waals surface area (Å²) in [6.45, 7) is 3.37. The quantitative estimate of drug-likeness (QED) is 0.873. The molecule has 2 atom stereocenters. The van der Waals surface area contributed by atoms with Gasteiger partial charge in [-0.05, 0) is 37.6 Å². The summed E-state index contributed by atoms with van der Waals surface area (Å²) in [5.41, 5.74) is 1.20. The molecule has 142 valence electrons. The Labute approximate surface area is 155 Å². The lowest BCUT2D eigenvalue weighted by Crippen LogP contribution is -2.37. The van der Waals surface area contributed by atoms with E-state index in [0.717, 1.165) is 0 Å². The number of aryl methyl sites for hydroxylation is 2. The highest BCUT2D eigenvalue weighted by molar-refractivity contribution is 5.79. The van der Waals surface area contributed by atoms with E-state index >= 15 is 0 Å². The monoisotopic (exact) mass is 373 g/mol. The number of halogens is 1. The molecule has 2 heterocycles. The third-order valence-corrected chi connectivity index (χ3v) is 4.91. The number of hydrogen-bond acceptors (Lipinski definition) is 4. The molecule has 0 bridgehead atoms. The normalized spacial score (nSPS) is 19.3. The molecule has 2 aromatic rings. The van der Waals surface area contributed by atoms with Gasteiger partial charge in [0, 0.05) is 30.4 Å². The van der Waals surface area contributed by atoms with Gasteiger partial charge in [0.15, 0.2) is 0 Å². The summed E-state index contributed by atoms with van der Waals surface area (Å²) in [6, 6.07) is 7.48. The standard InChI is InChI=1S/C19H20FN3O4/c1-11-6-12(2)23(19(27)21-11)10-17(24)22-8-15(16(9-22)18(25)26)13-4-3-5-14(20)7-13/h3-7,15-16H,8-10H2,1-2H3,(H,25,26)/t15-,16+/m0/s1. The Morgan fingerprint density at radius 2 is 2.00 bits per heavy atom. The minimum Gasteiger partial charge on any atom is -0.481 e. The maximum Gasteiger partial charge on any atom is 0.348 e. The molecule has 1 N–H and O–H groups in total. The van der Waals surface area contributed by atoms with Crippen LogP contribution in [0.15, 0.2) is 35.1 Å². The Balaban J connectivity index is 1.83. The minimum absolute atomic E-state index is 0.0163. The number of rotatable bonds is 4. The summed E-state index contributed by atoms with van der Waals surface area (Å²) in [5.74, 6) is -3.18. The zero-order valence-electron chi connectivity index (χ0n) is 15.1. The van der Waals surface area contributed by atoms with Gasteiger partial charge in [-0.2, -0.15) is 4.98 Å². The molecule has 1 aliphatic heterocycles. The van der Waals surface area contributed by atoms with Crippen molar-refractivity contribution in [3.05, 3.63) is 63.6 Å². The number of hydrogen-bond donors (Lipinski definition) is 1. The van der Waals surface area contributed by atoms with Crippen molar-refractivity contribution in [2.24, 2.45) is 5.92 Å². The largest absolute Gasteiger partial charge is 0.481 e. The Morgan fingerprint density at radius 3 is 2.63 bits per heavy atom. The Bertz CT molecular complexity index is 956. The fraction of sp³-hybridized carbons (Fsp3) is 0.368. The van der Waals surface area contributed by atoms with Crippen LogP contribution in [0.4, 0.5) is 4.39 Å². The number of carbonyl (C=O) groups is 2. The molecule has 3 rings (SSSR count). The summed E-state index contributed by atoms with van der Waals surface area (Å²) in [4.78, 5) is 41.6. The highest BCUT2D eigenvalue weighted by Crippen LogP contribution is 2.33. The molecule has 1 amide bonds. The number of benzene rings is 1. The van der Waals surface area contributed by atoms with Crippen LogP contribution in [0.25, 0.3) is 0 Å². The van der Waals surface area contributed by atoms with E-state index in [-0.39, 0.29) is 25.5 Å². The van der Waals surface area contributed by atoms with Gasteiger partial charge in [0.05, 0.1) is 5.92 Å². The van der Waals surface area contributed by atoms with E-state index in [4.69, 9.17) is 0 Å². The first kappa shape index (κ1) is 18.8. The minimum atomic E-state index is -1.04. The zero-order chi connectivity index (χ0) is 19.7. The van der Waals surface area contributed by atoms with Crippen LogP contribution in [0.5, 0.6) is 0 Å². The molecule has 1 aromatic carbocycles. The SMILES string of the molecule is Cc1cc(C)n(CC(=O)N2C[C@@H](C(=O)O)[C@H](c3cccc(F)c3)C2)c(=O)n1. The van der Waals surface area contributed by atoms with Crippen molar-refractivity contribution in [3.63, 3.8) is 0 Å². The number of nitrogens with zero attached hydrogens (tertiary/aromatic N) is 3. The molecular formula is C19H20FN3O4. The number of likely N-dealkylation sites (tertiary alicyclic amines) is 1. The first-order chi connectivity index (χ1) is 12.8. The molecule has 0 aliphatic carbocycles. The van der Waals surface area contributed by atoms with E-state index in [0.29, 0.717) is 17.0 Å². The number of carboxylic acids is 1. The molecule has 1 aliphatic rings. The van der Waals surface area contributed by atoms with Crippen LogP contribution in [0.1, 0.15) is 22.9 Å². The molecule has 7 nitrogen and oxygen atoms in total. The summed E-state index contributed by atoms with van der Waals surface area (Å²) >= 11 is 0. The number of aromatic nitrogens is 2. The predicted octanol–water partition coefficient (Wildman–Crippen LogP) is 1.33. The Hall–Kier alpha value is -3.03. The molecule has 1 fully saturated rings. The van der Waals surface area contributed by atoms with Crippen LogP contribution in [-0.2, 0) is 16.1 Å². The van der Waals surface area contributed by atoms with Crippen LogP contribution in [0.2, 0.25) is 0 Å². The van der Waals surface area contributed by atoms with Crippen molar-refractivity contribution >= 4 is 11.9 Å². The maximum absolute atomic E-state index is 13.5. The van der Waals surface area contributed by atoms with Gasteiger partial charge in [-0.3, -0.25) is 14.2 Å². The number of carbonyl (C=O) groups excluding carboxylic acids is 1. The van der Waals surface area contributed by atoms with Crippen molar-refractivity contribution in [3.8, 4) is 0 Å². The molecule has 0 saturated carbocycles. The van der Waals surface area contributed by atoms with E-state index in [1.165, 1.54) is 27.7 Å². The van der Waals surface area contributed by atoms with Gasteiger partial charge in [-0.25, -0.2) is 9.18 Å². The van der Waals surface area contributed by atoms with Gasteiger partial charge in [0.25, 0.3) is 0 Å². The van der Waals surface area contributed by atoms with Crippen LogP contribution in [-0.4, -0.2) is 44.5 Å². The zero-order valence-corrected chi connectivity index (χ0v) is 15.1. The van der Waals surface area contributed by atoms with Crippen molar-refractivity contribution in [2.75, 3.05) is 13.1 Å². The first-order valence-corrected chi connectivity index (χ1v) is 8.57. The highest BCUT2D eigenvalue weighted by Gasteiger charge is 2.40.